The predicted molar refractivity (Wildman–Crippen MR) is 85.8 cm³/mol. The van der Waals surface area contributed by atoms with E-state index >= 15 is 0 Å². The highest BCUT2D eigenvalue weighted by atomic mass is 35.5. The molecule has 112 valence electrons. The zero-order chi connectivity index (χ0) is 14.7. The van der Waals surface area contributed by atoms with E-state index in [1.165, 1.54) is 32.4 Å². The van der Waals surface area contributed by atoms with Crippen LogP contribution in [0.4, 0.5) is 0 Å². The van der Waals surface area contributed by atoms with E-state index in [1.54, 1.807) is 6.07 Å². The summed E-state index contributed by atoms with van der Waals surface area (Å²) in [5.74, 6) is 0. The first-order valence-corrected chi connectivity index (χ1v) is 7.88. The van der Waals surface area contributed by atoms with Crippen LogP contribution in [0, 0.1) is 0 Å². The summed E-state index contributed by atoms with van der Waals surface area (Å²) in [5, 5.41) is 3.49. The van der Waals surface area contributed by atoms with Gasteiger partial charge in [-0.1, -0.05) is 36.2 Å². The summed E-state index contributed by atoms with van der Waals surface area (Å²) < 4.78 is 1.87. The molecule has 4 nitrogen and oxygen atoms in total. The molecule has 5 heteroatoms. The highest BCUT2D eigenvalue weighted by Crippen LogP contribution is 2.24. The van der Waals surface area contributed by atoms with Crippen LogP contribution in [0.15, 0.2) is 35.3 Å². The third kappa shape index (κ3) is 3.39. The number of aromatic amines is 1. The minimum absolute atomic E-state index is 0.0817. The predicted octanol–water partition coefficient (Wildman–Crippen LogP) is 2.98. The molecule has 0 unspecified atom stereocenters. The highest BCUT2D eigenvalue weighted by Gasteiger charge is 2.12. The second-order valence-electron chi connectivity index (χ2n) is 5.56. The fourth-order valence-corrected chi connectivity index (χ4v) is 3.10. The lowest BCUT2D eigenvalue weighted by molar-refractivity contribution is 0.218. The molecular formula is C16H20ClN3O. The minimum Gasteiger partial charge on any atom is -0.302 e. The van der Waals surface area contributed by atoms with Crippen molar-refractivity contribution in [3.05, 3.63) is 45.8 Å². The first kappa shape index (κ1) is 14.4. The van der Waals surface area contributed by atoms with Crippen molar-refractivity contribution in [2.45, 2.75) is 25.8 Å². The lowest BCUT2D eigenvalue weighted by Crippen LogP contribution is -2.32. The number of piperidine rings is 1. The van der Waals surface area contributed by atoms with Gasteiger partial charge >= 0.3 is 0 Å². The fraction of sp³-hybridized carbons (Fsp3) is 0.438. The number of rotatable bonds is 4. The van der Waals surface area contributed by atoms with Crippen LogP contribution in [0.25, 0.3) is 11.1 Å². The smallest absolute Gasteiger partial charge is 0.271 e. The molecule has 0 spiro atoms. The van der Waals surface area contributed by atoms with Crippen molar-refractivity contribution in [3.8, 4) is 11.1 Å². The molecule has 0 bridgehead atoms. The zero-order valence-electron chi connectivity index (χ0n) is 12.0. The van der Waals surface area contributed by atoms with Gasteiger partial charge < -0.3 is 4.90 Å². The molecule has 21 heavy (non-hydrogen) atoms. The van der Waals surface area contributed by atoms with E-state index in [0.29, 0.717) is 10.6 Å². The number of hydrogen-bond acceptors (Lipinski definition) is 2. The third-order valence-electron chi connectivity index (χ3n) is 4.04. The van der Waals surface area contributed by atoms with Gasteiger partial charge in [-0.3, -0.25) is 14.6 Å². The van der Waals surface area contributed by atoms with E-state index in [9.17, 15) is 4.79 Å². The Morgan fingerprint density at radius 1 is 1.05 bits per heavy atom. The summed E-state index contributed by atoms with van der Waals surface area (Å²) in [6.07, 6.45) is 5.78. The van der Waals surface area contributed by atoms with Crippen molar-refractivity contribution in [3.63, 3.8) is 0 Å². The lowest BCUT2D eigenvalue weighted by atomic mass is 10.1. The normalized spacial score (nSPS) is 16.2. The maximum absolute atomic E-state index is 12.1. The van der Waals surface area contributed by atoms with Crippen LogP contribution in [-0.4, -0.2) is 34.3 Å². The van der Waals surface area contributed by atoms with Crippen LogP contribution >= 0.6 is 11.6 Å². The number of nitrogens with zero attached hydrogens (tertiary/aromatic N) is 2. The molecular weight excluding hydrogens is 286 g/mol. The molecule has 0 radical (unpaired) electrons. The maximum atomic E-state index is 12.1. The molecule has 1 saturated heterocycles. The molecule has 0 atom stereocenters. The SMILES string of the molecule is O=c1[nH]n(CCN2CCCCC2)cc1-c1ccccc1Cl. The number of halogens is 1. The Balaban J connectivity index is 1.72. The molecule has 1 fully saturated rings. The van der Waals surface area contributed by atoms with Gasteiger partial charge in [0, 0.05) is 23.3 Å². The molecule has 1 aliphatic heterocycles. The van der Waals surface area contributed by atoms with E-state index in [-0.39, 0.29) is 5.56 Å². The fourth-order valence-electron chi connectivity index (χ4n) is 2.86. The van der Waals surface area contributed by atoms with Gasteiger partial charge in [-0.25, -0.2) is 0 Å². The van der Waals surface area contributed by atoms with E-state index in [1.807, 2.05) is 29.1 Å². The molecule has 1 aliphatic rings. The summed E-state index contributed by atoms with van der Waals surface area (Å²) in [4.78, 5) is 14.6. The standard InChI is InChI=1S/C16H20ClN3O/c17-15-7-3-2-6-13(15)14-12-20(18-16(14)21)11-10-19-8-4-1-5-9-19/h2-3,6-7,12H,1,4-5,8-11H2,(H,18,21). The van der Waals surface area contributed by atoms with Crippen molar-refractivity contribution in [2.75, 3.05) is 19.6 Å². The van der Waals surface area contributed by atoms with Gasteiger partial charge in [0.05, 0.1) is 12.1 Å². The first-order chi connectivity index (χ1) is 10.2. The number of H-pyrrole nitrogens is 1. The van der Waals surface area contributed by atoms with Crippen molar-refractivity contribution < 1.29 is 0 Å². The highest BCUT2D eigenvalue weighted by molar-refractivity contribution is 6.33. The van der Waals surface area contributed by atoms with E-state index in [2.05, 4.69) is 10.00 Å². The minimum atomic E-state index is -0.0817. The van der Waals surface area contributed by atoms with Crippen LogP contribution in [0.2, 0.25) is 5.02 Å². The van der Waals surface area contributed by atoms with Crippen LogP contribution in [0.1, 0.15) is 19.3 Å². The van der Waals surface area contributed by atoms with Gasteiger partial charge in [0.2, 0.25) is 0 Å². The summed E-state index contributed by atoms with van der Waals surface area (Å²) in [6, 6.07) is 7.45. The molecule has 1 aromatic heterocycles. The number of likely N-dealkylation sites (tertiary alicyclic amines) is 1. The van der Waals surface area contributed by atoms with Crippen LogP contribution < -0.4 is 5.56 Å². The topological polar surface area (TPSA) is 41.0 Å². The number of benzene rings is 1. The van der Waals surface area contributed by atoms with Gasteiger partial charge in [-0.2, -0.15) is 0 Å². The summed E-state index contributed by atoms with van der Waals surface area (Å²) in [6.45, 7) is 4.12. The molecule has 0 saturated carbocycles. The Morgan fingerprint density at radius 2 is 1.81 bits per heavy atom. The van der Waals surface area contributed by atoms with Crippen LogP contribution in [-0.2, 0) is 6.54 Å². The second-order valence-corrected chi connectivity index (χ2v) is 5.97. The maximum Gasteiger partial charge on any atom is 0.271 e. The first-order valence-electron chi connectivity index (χ1n) is 7.51. The van der Waals surface area contributed by atoms with Gasteiger partial charge in [-0.15, -0.1) is 0 Å². The van der Waals surface area contributed by atoms with Gasteiger partial charge in [0.25, 0.3) is 5.56 Å². The van der Waals surface area contributed by atoms with Crippen molar-refractivity contribution in [1.82, 2.24) is 14.7 Å². The molecule has 0 aliphatic carbocycles. The molecule has 1 aromatic carbocycles. The molecule has 2 aromatic rings. The summed E-state index contributed by atoms with van der Waals surface area (Å²) in [7, 11) is 0. The van der Waals surface area contributed by atoms with Gasteiger partial charge in [-0.05, 0) is 32.0 Å². The average Bonchev–Trinajstić information content (AvgIpc) is 2.88. The average molecular weight is 306 g/mol. The van der Waals surface area contributed by atoms with Crippen LogP contribution in [0.5, 0.6) is 0 Å². The Bertz CT molecular complexity index is 656. The summed E-state index contributed by atoms with van der Waals surface area (Å²) in [5.41, 5.74) is 1.35. The Hall–Kier alpha value is -1.52. The van der Waals surface area contributed by atoms with Crippen LogP contribution in [0.3, 0.4) is 0 Å². The van der Waals surface area contributed by atoms with Crippen molar-refractivity contribution in [2.24, 2.45) is 0 Å². The molecule has 0 amide bonds. The van der Waals surface area contributed by atoms with E-state index < -0.39 is 0 Å². The number of aromatic nitrogens is 2. The largest absolute Gasteiger partial charge is 0.302 e. The van der Waals surface area contributed by atoms with Crippen molar-refractivity contribution >= 4 is 11.6 Å². The number of nitrogens with one attached hydrogen (secondary N) is 1. The second kappa shape index (κ2) is 6.50. The van der Waals surface area contributed by atoms with Gasteiger partial charge in [0.15, 0.2) is 0 Å². The van der Waals surface area contributed by atoms with Crippen molar-refractivity contribution in [1.29, 1.82) is 0 Å². The lowest BCUT2D eigenvalue weighted by Gasteiger charge is -2.26. The monoisotopic (exact) mass is 305 g/mol. The molecule has 1 N–H and O–H groups in total. The quantitative estimate of drug-likeness (QED) is 0.943. The van der Waals surface area contributed by atoms with Gasteiger partial charge in [0.1, 0.15) is 0 Å². The molecule has 2 heterocycles. The summed E-state index contributed by atoms with van der Waals surface area (Å²) >= 11 is 6.17. The molecule has 3 rings (SSSR count). The zero-order valence-corrected chi connectivity index (χ0v) is 12.8. The van der Waals surface area contributed by atoms with E-state index in [0.717, 1.165) is 18.7 Å². The Kier molecular flexibility index (Phi) is 4.46. The van der Waals surface area contributed by atoms with E-state index in [4.69, 9.17) is 11.6 Å². The Labute approximate surface area is 129 Å². The third-order valence-corrected chi connectivity index (χ3v) is 4.37. The Morgan fingerprint density at radius 3 is 2.57 bits per heavy atom. The number of hydrogen-bond donors (Lipinski definition) is 1.